The Morgan fingerprint density at radius 2 is 2.14 bits per heavy atom. The lowest BCUT2D eigenvalue weighted by Crippen LogP contribution is -2.15. The van der Waals surface area contributed by atoms with Crippen LogP contribution in [-0.4, -0.2) is 13.4 Å². The predicted octanol–water partition coefficient (Wildman–Crippen LogP) is 3.47. The highest BCUT2D eigenvalue weighted by molar-refractivity contribution is 9.10. The molecule has 1 aromatic carbocycles. The average molecular weight is 388 g/mol. The van der Waals surface area contributed by atoms with Gasteiger partial charge in [-0.25, -0.2) is 13.4 Å². The summed E-state index contributed by atoms with van der Waals surface area (Å²) in [6.07, 6.45) is 2.27. The number of hydrogen-bond acceptors (Lipinski definition) is 5. The maximum atomic E-state index is 12.5. The molecule has 3 rings (SSSR count). The number of nitrogens with two attached hydrogens (primary N) is 1. The van der Waals surface area contributed by atoms with E-state index in [1.165, 1.54) is 11.3 Å². The molecular weight excluding hydrogens is 374 g/mol. The minimum absolute atomic E-state index is 0.164. The van der Waals surface area contributed by atoms with Crippen molar-refractivity contribution in [3.63, 3.8) is 0 Å². The number of aromatic nitrogens is 1. The zero-order valence-electron chi connectivity index (χ0n) is 11.3. The molecule has 8 heteroatoms. The molecule has 5 nitrogen and oxygen atoms in total. The van der Waals surface area contributed by atoms with E-state index in [0.29, 0.717) is 26.8 Å². The topological polar surface area (TPSA) is 85.1 Å². The average Bonchev–Trinajstić information content (AvgIpc) is 3.15. The van der Waals surface area contributed by atoms with Gasteiger partial charge in [-0.2, -0.15) is 0 Å². The summed E-state index contributed by atoms with van der Waals surface area (Å²) in [5.74, 6) is 0.503. The maximum Gasteiger partial charge on any atom is 0.264 e. The van der Waals surface area contributed by atoms with E-state index in [-0.39, 0.29) is 4.90 Å². The number of anilines is 2. The molecule has 0 radical (unpaired) electrons. The molecule has 1 heterocycles. The van der Waals surface area contributed by atoms with Crippen molar-refractivity contribution < 1.29 is 8.42 Å². The Bertz CT molecular complexity index is 798. The van der Waals surface area contributed by atoms with Gasteiger partial charge in [0, 0.05) is 21.5 Å². The minimum atomic E-state index is -3.69. The number of halogens is 1. The molecule has 3 N–H and O–H groups in total. The fourth-order valence-corrected chi connectivity index (χ4v) is 5.00. The minimum Gasteiger partial charge on any atom is -0.398 e. The van der Waals surface area contributed by atoms with Crippen LogP contribution in [0.5, 0.6) is 0 Å². The Labute approximate surface area is 135 Å². The molecule has 1 aliphatic rings. The SMILES string of the molecule is Cc1c(N)cc(Br)cc1S(=O)(=O)Nc1nc(C2CC2)cs1. The predicted molar refractivity (Wildman–Crippen MR) is 88.2 cm³/mol. The first-order chi connectivity index (χ1) is 9.87. The van der Waals surface area contributed by atoms with Crippen LogP contribution in [0, 0.1) is 6.92 Å². The van der Waals surface area contributed by atoms with E-state index in [9.17, 15) is 8.42 Å². The van der Waals surface area contributed by atoms with Crippen LogP contribution in [0.25, 0.3) is 0 Å². The summed E-state index contributed by atoms with van der Waals surface area (Å²) in [6, 6.07) is 3.23. The standard InChI is InChI=1S/C13H14BrN3O2S2/c1-7-10(15)4-9(14)5-12(7)21(18,19)17-13-16-11(6-20-13)8-2-3-8/h4-6,8H,2-3,15H2,1H3,(H,16,17). The molecular formula is C13H14BrN3O2S2. The summed E-state index contributed by atoms with van der Waals surface area (Å²) in [5, 5.41) is 2.31. The highest BCUT2D eigenvalue weighted by Crippen LogP contribution is 2.41. The summed E-state index contributed by atoms with van der Waals surface area (Å²) in [5.41, 5.74) is 7.77. The molecule has 21 heavy (non-hydrogen) atoms. The monoisotopic (exact) mass is 387 g/mol. The van der Waals surface area contributed by atoms with Crippen molar-refractivity contribution in [3.05, 3.63) is 33.2 Å². The molecule has 0 atom stereocenters. The number of nitrogen functional groups attached to an aromatic ring is 1. The van der Waals surface area contributed by atoms with Gasteiger partial charge in [0.15, 0.2) is 5.13 Å². The van der Waals surface area contributed by atoms with E-state index in [2.05, 4.69) is 25.6 Å². The van der Waals surface area contributed by atoms with Crippen molar-refractivity contribution >= 4 is 48.1 Å². The van der Waals surface area contributed by atoms with E-state index in [0.717, 1.165) is 18.5 Å². The first-order valence-electron chi connectivity index (χ1n) is 6.40. The number of sulfonamides is 1. The Kier molecular flexibility index (Phi) is 3.71. The number of benzene rings is 1. The summed E-state index contributed by atoms with van der Waals surface area (Å²) < 4.78 is 28.2. The molecule has 0 aliphatic heterocycles. The second-order valence-electron chi connectivity index (χ2n) is 5.08. The summed E-state index contributed by atoms with van der Waals surface area (Å²) in [6.45, 7) is 1.69. The Balaban J connectivity index is 1.92. The van der Waals surface area contributed by atoms with Crippen LogP contribution in [0.2, 0.25) is 0 Å². The lowest BCUT2D eigenvalue weighted by atomic mass is 10.2. The van der Waals surface area contributed by atoms with Crippen LogP contribution in [0.3, 0.4) is 0 Å². The van der Waals surface area contributed by atoms with E-state index < -0.39 is 10.0 Å². The molecule has 0 saturated heterocycles. The third kappa shape index (κ3) is 3.07. The molecule has 1 aromatic heterocycles. The maximum absolute atomic E-state index is 12.5. The fraction of sp³-hybridized carbons (Fsp3) is 0.308. The molecule has 0 amide bonds. The van der Waals surface area contributed by atoms with Crippen LogP contribution in [0.1, 0.15) is 30.0 Å². The Morgan fingerprint density at radius 3 is 2.81 bits per heavy atom. The van der Waals surface area contributed by atoms with Crippen molar-refractivity contribution in [2.75, 3.05) is 10.5 Å². The van der Waals surface area contributed by atoms with Crippen molar-refractivity contribution in [1.82, 2.24) is 4.98 Å². The van der Waals surface area contributed by atoms with Gasteiger partial charge in [-0.1, -0.05) is 15.9 Å². The highest BCUT2D eigenvalue weighted by atomic mass is 79.9. The first kappa shape index (κ1) is 14.8. The second-order valence-corrected chi connectivity index (χ2v) is 8.50. The normalized spacial score (nSPS) is 15.1. The van der Waals surface area contributed by atoms with Crippen LogP contribution in [-0.2, 0) is 10.0 Å². The fourth-order valence-electron chi connectivity index (χ4n) is 2.02. The second kappa shape index (κ2) is 5.26. The van der Waals surface area contributed by atoms with E-state index in [4.69, 9.17) is 5.73 Å². The third-order valence-corrected chi connectivity index (χ3v) is 6.22. The van der Waals surface area contributed by atoms with Crippen molar-refractivity contribution in [3.8, 4) is 0 Å². The first-order valence-corrected chi connectivity index (χ1v) is 9.56. The van der Waals surface area contributed by atoms with E-state index >= 15 is 0 Å². The van der Waals surface area contributed by atoms with Gasteiger partial charge in [0.1, 0.15) is 0 Å². The van der Waals surface area contributed by atoms with Crippen LogP contribution in [0.4, 0.5) is 10.8 Å². The molecule has 1 saturated carbocycles. The van der Waals surface area contributed by atoms with Crippen molar-refractivity contribution in [2.45, 2.75) is 30.6 Å². The molecule has 0 bridgehead atoms. The summed E-state index contributed by atoms with van der Waals surface area (Å²) in [4.78, 5) is 4.51. The van der Waals surface area contributed by atoms with Crippen LogP contribution in [0.15, 0.2) is 26.9 Å². The van der Waals surface area contributed by atoms with Crippen LogP contribution < -0.4 is 10.5 Å². The zero-order chi connectivity index (χ0) is 15.2. The van der Waals surface area contributed by atoms with Gasteiger partial charge < -0.3 is 5.73 Å². The third-order valence-electron chi connectivity index (χ3n) is 3.39. The highest BCUT2D eigenvalue weighted by Gasteiger charge is 2.27. The van der Waals surface area contributed by atoms with E-state index in [1.807, 2.05) is 5.38 Å². The number of thiazole rings is 1. The van der Waals surface area contributed by atoms with Gasteiger partial charge in [-0.3, -0.25) is 4.72 Å². The summed E-state index contributed by atoms with van der Waals surface area (Å²) >= 11 is 4.58. The molecule has 2 aromatic rings. The molecule has 0 spiro atoms. The quantitative estimate of drug-likeness (QED) is 0.786. The lowest BCUT2D eigenvalue weighted by molar-refractivity contribution is 0.600. The van der Waals surface area contributed by atoms with Gasteiger partial charge in [0.25, 0.3) is 10.0 Å². The van der Waals surface area contributed by atoms with Gasteiger partial charge in [0.05, 0.1) is 10.6 Å². The smallest absolute Gasteiger partial charge is 0.264 e. The number of nitrogens with one attached hydrogen (secondary N) is 1. The number of nitrogens with zero attached hydrogens (tertiary/aromatic N) is 1. The lowest BCUT2D eigenvalue weighted by Gasteiger charge is -2.11. The van der Waals surface area contributed by atoms with Crippen molar-refractivity contribution in [1.29, 1.82) is 0 Å². The van der Waals surface area contributed by atoms with Gasteiger partial charge in [0.2, 0.25) is 0 Å². The van der Waals surface area contributed by atoms with Gasteiger partial charge in [-0.15, -0.1) is 11.3 Å². The molecule has 1 fully saturated rings. The Hall–Kier alpha value is -1.12. The van der Waals surface area contributed by atoms with Crippen LogP contribution >= 0.6 is 27.3 Å². The largest absolute Gasteiger partial charge is 0.398 e. The molecule has 112 valence electrons. The zero-order valence-corrected chi connectivity index (χ0v) is 14.5. The Morgan fingerprint density at radius 1 is 1.43 bits per heavy atom. The van der Waals surface area contributed by atoms with Gasteiger partial charge >= 0.3 is 0 Å². The van der Waals surface area contributed by atoms with E-state index in [1.54, 1.807) is 19.1 Å². The van der Waals surface area contributed by atoms with Crippen molar-refractivity contribution in [2.24, 2.45) is 0 Å². The molecule has 1 aliphatic carbocycles. The molecule has 0 unspecified atom stereocenters. The number of hydrogen-bond donors (Lipinski definition) is 2. The number of rotatable bonds is 4. The summed E-state index contributed by atoms with van der Waals surface area (Å²) in [7, 11) is -3.69. The van der Waals surface area contributed by atoms with Gasteiger partial charge in [-0.05, 0) is 37.5 Å².